The maximum atomic E-state index is 12.1. The monoisotopic (exact) mass is 322 g/mol. The molecule has 0 bridgehead atoms. The first kappa shape index (κ1) is 16.5. The smallest absolute Gasteiger partial charge is 0.316 e. The van der Waals surface area contributed by atoms with Crippen LogP contribution in [0, 0.1) is 5.41 Å². The summed E-state index contributed by atoms with van der Waals surface area (Å²) >= 11 is 0. The number of rotatable bonds is 4. The highest BCUT2D eigenvalue weighted by molar-refractivity contribution is 7.86. The lowest BCUT2D eigenvalue weighted by Gasteiger charge is -2.20. The van der Waals surface area contributed by atoms with Crippen LogP contribution in [0.2, 0.25) is 0 Å². The predicted molar refractivity (Wildman–Crippen MR) is 83.5 cm³/mol. The number of esters is 1. The quantitative estimate of drug-likeness (QED) is 0.530. The van der Waals surface area contributed by atoms with Crippen molar-refractivity contribution < 1.29 is 22.5 Å². The summed E-state index contributed by atoms with van der Waals surface area (Å²) in [4.78, 5) is 11.9. The maximum absolute atomic E-state index is 12.1. The molecule has 0 radical (unpaired) electrons. The first-order valence-electron chi connectivity index (χ1n) is 6.88. The van der Waals surface area contributed by atoms with Gasteiger partial charge in [-0.25, -0.2) is 0 Å². The molecule has 0 atom stereocenters. The molecule has 0 unspecified atom stereocenters. The van der Waals surface area contributed by atoms with Gasteiger partial charge < -0.3 is 4.74 Å². The van der Waals surface area contributed by atoms with Crippen molar-refractivity contribution in [3.8, 4) is 5.75 Å². The number of benzene rings is 2. The van der Waals surface area contributed by atoms with Gasteiger partial charge in [0.05, 0.1) is 5.41 Å². The van der Waals surface area contributed by atoms with E-state index in [0.29, 0.717) is 17.2 Å². The van der Waals surface area contributed by atoms with E-state index in [1.54, 1.807) is 32.0 Å². The minimum atomic E-state index is -4.35. The summed E-state index contributed by atoms with van der Waals surface area (Å²) in [5.74, 6) is -0.145. The molecule has 0 aliphatic heterocycles. The minimum absolute atomic E-state index is 0.211. The van der Waals surface area contributed by atoms with E-state index >= 15 is 0 Å². The summed E-state index contributed by atoms with van der Waals surface area (Å²) in [6.07, 6.45) is 0.621. The van der Waals surface area contributed by atoms with Crippen LogP contribution in [0.15, 0.2) is 41.3 Å². The summed E-state index contributed by atoms with van der Waals surface area (Å²) in [5.41, 5.74) is -0.627. The lowest BCUT2D eigenvalue weighted by Crippen LogP contribution is -2.28. The second-order valence-electron chi connectivity index (χ2n) is 5.74. The minimum Gasteiger partial charge on any atom is -0.426 e. The Morgan fingerprint density at radius 1 is 1.23 bits per heavy atom. The third-order valence-electron chi connectivity index (χ3n) is 3.74. The lowest BCUT2D eigenvalue weighted by molar-refractivity contribution is -0.144. The fourth-order valence-corrected chi connectivity index (χ4v) is 2.61. The SMILES string of the molecule is CCC(C)(C)C(=O)Oc1ccc2cccc(S(=O)(=O)O)c2c1. The highest BCUT2D eigenvalue weighted by atomic mass is 32.2. The third kappa shape index (κ3) is 3.28. The molecule has 1 N–H and O–H groups in total. The summed E-state index contributed by atoms with van der Waals surface area (Å²) in [7, 11) is -4.35. The van der Waals surface area contributed by atoms with Gasteiger partial charge in [-0.15, -0.1) is 0 Å². The van der Waals surface area contributed by atoms with E-state index in [2.05, 4.69) is 0 Å². The number of fused-ring (bicyclic) bond motifs is 1. The Balaban J connectivity index is 2.49. The molecule has 0 amide bonds. The molecule has 0 aliphatic carbocycles. The van der Waals surface area contributed by atoms with E-state index in [4.69, 9.17) is 4.74 Å². The van der Waals surface area contributed by atoms with Gasteiger partial charge in [0, 0.05) is 5.39 Å². The molecule has 2 rings (SSSR count). The van der Waals surface area contributed by atoms with E-state index in [-0.39, 0.29) is 10.6 Å². The molecular formula is C16H18O5S. The van der Waals surface area contributed by atoms with E-state index in [9.17, 15) is 17.8 Å². The number of carbonyl (C=O) groups excluding carboxylic acids is 1. The van der Waals surface area contributed by atoms with Crippen molar-refractivity contribution in [3.05, 3.63) is 36.4 Å². The molecule has 0 heterocycles. The van der Waals surface area contributed by atoms with Gasteiger partial charge in [0.1, 0.15) is 10.6 Å². The molecule has 0 saturated heterocycles. The fraction of sp³-hybridized carbons (Fsp3) is 0.312. The van der Waals surface area contributed by atoms with Crippen LogP contribution in [0.4, 0.5) is 0 Å². The zero-order valence-corrected chi connectivity index (χ0v) is 13.5. The lowest BCUT2D eigenvalue weighted by atomic mass is 9.91. The molecule has 0 fully saturated rings. The number of hydrogen-bond acceptors (Lipinski definition) is 4. The summed E-state index contributed by atoms with van der Waals surface area (Å²) in [6.45, 7) is 5.44. The molecule has 0 spiro atoms. The van der Waals surface area contributed by atoms with Crippen molar-refractivity contribution in [2.45, 2.75) is 32.1 Å². The Morgan fingerprint density at radius 3 is 2.50 bits per heavy atom. The molecule has 118 valence electrons. The first-order valence-corrected chi connectivity index (χ1v) is 8.32. The molecule has 2 aromatic rings. The van der Waals surface area contributed by atoms with Crippen molar-refractivity contribution in [2.24, 2.45) is 5.41 Å². The van der Waals surface area contributed by atoms with Crippen molar-refractivity contribution in [2.75, 3.05) is 0 Å². The van der Waals surface area contributed by atoms with Crippen LogP contribution in [-0.4, -0.2) is 18.9 Å². The Bertz CT molecular complexity index is 822. The molecule has 2 aromatic carbocycles. The summed E-state index contributed by atoms with van der Waals surface area (Å²) in [5, 5.41) is 0.939. The van der Waals surface area contributed by atoms with Gasteiger partial charge >= 0.3 is 5.97 Å². The molecule has 0 saturated carbocycles. The Kier molecular flexibility index (Phi) is 4.26. The zero-order valence-electron chi connectivity index (χ0n) is 12.7. The topological polar surface area (TPSA) is 80.7 Å². The standard InChI is InChI=1S/C16H18O5S/c1-4-16(2,3)15(17)21-12-9-8-11-6-5-7-14(13(11)10-12)22(18,19)20/h5-10H,4H2,1-3H3,(H,18,19,20). The number of ether oxygens (including phenoxy) is 1. The van der Waals surface area contributed by atoms with E-state index < -0.39 is 21.5 Å². The van der Waals surface area contributed by atoms with Gasteiger partial charge in [-0.3, -0.25) is 9.35 Å². The van der Waals surface area contributed by atoms with Crippen LogP contribution in [0.5, 0.6) is 5.75 Å². The fourth-order valence-electron chi connectivity index (χ4n) is 1.90. The Labute approximate surface area is 129 Å². The van der Waals surface area contributed by atoms with Crippen molar-refractivity contribution in [1.82, 2.24) is 0 Å². The maximum Gasteiger partial charge on any atom is 0.316 e. The second kappa shape index (κ2) is 5.70. The average Bonchev–Trinajstić information content (AvgIpc) is 2.45. The van der Waals surface area contributed by atoms with Gasteiger partial charge in [0.25, 0.3) is 10.1 Å². The Hall–Kier alpha value is -1.92. The first-order chi connectivity index (χ1) is 10.1. The zero-order chi connectivity index (χ0) is 16.5. The highest BCUT2D eigenvalue weighted by Crippen LogP contribution is 2.29. The van der Waals surface area contributed by atoms with E-state index in [1.807, 2.05) is 6.92 Å². The molecule has 0 aromatic heterocycles. The van der Waals surface area contributed by atoms with Gasteiger partial charge in [0.2, 0.25) is 0 Å². The highest BCUT2D eigenvalue weighted by Gasteiger charge is 2.27. The van der Waals surface area contributed by atoms with E-state index in [1.165, 1.54) is 18.2 Å². The average molecular weight is 322 g/mol. The van der Waals surface area contributed by atoms with Crippen molar-refractivity contribution >= 4 is 26.9 Å². The van der Waals surface area contributed by atoms with Gasteiger partial charge in [-0.05, 0) is 43.9 Å². The molecule has 5 nitrogen and oxygen atoms in total. The largest absolute Gasteiger partial charge is 0.426 e. The number of carbonyl (C=O) groups is 1. The number of hydrogen-bond donors (Lipinski definition) is 1. The van der Waals surface area contributed by atoms with Crippen molar-refractivity contribution in [3.63, 3.8) is 0 Å². The predicted octanol–water partition coefficient (Wildman–Crippen LogP) is 3.43. The van der Waals surface area contributed by atoms with Gasteiger partial charge in [0.15, 0.2) is 0 Å². The normalized spacial score (nSPS) is 12.4. The van der Waals surface area contributed by atoms with Crippen LogP contribution in [0.1, 0.15) is 27.2 Å². The second-order valence-corrected chi connectivity index (χ2v) is 7.13. The van der Waals surface area contributed by atoms with Gasteiger partial charge in [-0.2, -0.15) is 8.42 Å². The Morgan fingerprint density at radius 2 is 1.91 bits per heavy atom. The van der Waals surface area contributed by atoms with Crippen molar-refractivity contribution in [1.29, 1.82) is 0 Å². The van der Waals surface area contributed by atoms with Crippen LogP contribution in [-0.2, 0) is 14.9 Å². The van der Waals surface area contributed by atoms with Gasteiger partial charge in [-0.1, -0.05) is 25.1 Å². The van der Waals surface area contributed by atoms with Crippen LogP contribution in [0.3, 0.4) is 0 Å². The van der Waals surface area contributed by atoms with E-state index in [0.717, 1.165) is 0 Å². The summed E-state index contributed by atoms with van der Waals surface area (Å²) in [6, 6.07) is 9.25. The van der Waals surface area contributed by atoms with Crippen LogP contribution in [0.25, 0.3) is 10.8 Å². The van der Waals surface area contributed by atoms with Crippen LogP contribution >= 0.6 is 0 Å². The molecule has 22 heavy (non-hydrogen) atoms. The molecule has 0 aliphatic rings. The third-order valence-corrected chi connectivity index (χ3v) is 4.65. The molecule has 6 heteroatoms. The van der Waals surface area contributed by atoms with Crippen LogP contribution < -0.4 is 4.74 Å². The molecular weight excluding hydrogens is 304 g/mol. The summed E-state index contributed by atoms with van der Waals surface area (Å²) < 4.78 is 37.5.